The van der Waals surface area contributed by atoms with Crippen molar-refractivity contribution in [1.82, 2.24) is 4.90 Å². The van der Waals surface area contributed by atoms with Crippen molar-refractivity contribution in [2.75, 3.05) is 33.4 Å². The van der Waals surface area contributed by atoms with Gasteiger partial charge in [-0.25, -0.2) is 4.79 Å². The standard InChI is InChI=1S/C23H27NO5/c1-28-22(27)19-8-5-7-18(15-19)21(26)24-13-6-11-23(16-24,17-25)12-14-29-20-9-3-2-4-10-20/h2-5,7-10,15,25H,6,11-14,16-17H2,1H3/t23-/m0/s1. The lowest BCUT2D eigenvalue weighted by Gasteiger charge is -2.42. The highest BCUT2D eigenvalue weighted by atomic mass is 16.5. The average molecular weight is 397 g/mol. The van der Waals surface area contributed by atoms with E-state index in [2.05, 4.69) is 0 Å². The first-order valence-electron chi connectivity index (χ1n) is 9.83. The van der Waals surface area contributed by atoms with Gasteiger partial charge in [0.25, 0.3) is 5.91 Å². The number of ether oxygens (including phenoxy) is 2. The van der Waals surface area contributed by atoms with Crippen molar-refractivity contribution in [3.8, 4) is 5.75 Å². The summed E-state index contributed by atoms with van der Waals surface area (Å²) in [6, 6.07) is 16.1. The molecule has 1 saturated heterocycles. The van der Waals surface area contributed by atoms with Crippen LogP contribution in [-0.4, -0.2) is 55.3 Å². The van der Waals surface area contributed by atoms with E-state index < -0.39 is 5.97 Å². The van der Waals surface area contributed by atoms with E-state index in [-0.39, 0.29) is 17.9 Å². The molecular formula is C23H27NO5. The molecule has 0 aromatic heterocycles. The summed E-state index contributed by atoms with van der Waals surface area (Å²) in [6.07, 6.45) is 2.31. The molecule has 0 saturated carbocycles. The second kappa shape index (κ2) is 9.56. The fourth-order valence-electron chi connectivity index (χ4n) is 3.78. The van der Waals surface area contributed by atoms with E-state index >= 15 is 0 Å². The summed E-state index contributed by atoms with van der Waals surface area (Å²) in [5.74, 6) is 0.183. The number of carbonyl (C=O) groups excluding carboxylic acids is 2. The van der Waals surface area contributed by atoms with Gasteiger partial charge in [-0.15, -0.1) is 0 Å². The zero-order chi connectivity index (χ0) is 20.7. The van der Waals surface area contributed by atoms with E-state index in [1.54, 1.807) is 29.2 Å². The second-order valence-electron chi connectivity index (χ2n) is 7.47. The van der Waals surface area contributed by atoms with Gasteiger partial charge in [0.1, 0.15) is 5.75 Å². The molecule has 1 atom stereocenters. The van der Waals surface area contributed by atoms with Crippen molar-refractivity contribution in [1.29, 1.82) is 0 Å². The summed E-state index contributed by atoms with van der Waals surface area (Å²) < 4.78 is 10.5. The van der Waals surface area contributed by atoms with Crippen LogP contribution in [-0.2, 0) is 4.74 Å². The second-order valence-corrected chi connectivity index (χ2v) is 7.47. The van der Waals surface area contributed by atoms with Crippen LogP contribution in [0.5, 0.6) is 5.75 Å². The number of hydrogen-bond acceptors (Lipinski definition) is 5. The summed E-state index contributed by atoms with van der Waals surface area (Å²) in [5, 5.41) is 10.1. The number of amides is 1. The molecule has 1 aliphatic heterocycles. The first-order valence-corrected chi connectivity index (χ1v) is 9.83. The van der Waals surface area contributed by atoms with Crippen LogP contribution in [0.1, 0.15) is 40.0 Å². The molecule has 1 fully saturated rings. The molecule has 1 heterocycles. The summed E-state index contributed by atoms with van der Waals surface area (Å²) >= 11 is 0. The molecule has 6 nitrogen and oxygen atoms in total. The van der Waals surface area contributed by atoms with E-state index in [4.69, 9.17) is 9.47 Å². The van der Waals surface area contributed by atoms with E-state index in [0.717, 1.165) is 18.6 Å². The largest absolute Gasteiger partial charge is 0.494 e. The number of esters is 1. The molecule has 0 aliphatic carbocycles. The smallest absolute Gasteiger partial charge is 0.337 e. The molecule has 3 rings (SSSR count). The monoisotopic (exact) mass is 397 g/mol. The Labute approximate surface area is 171 Å². The maximum absolute atomic E-state index is 13.0. The van der Waals surface area contributed by atoms with Crippen LogP contribution < -0.4 is 4.74 Å². The topological polar surface area (TPSA) is 76.1 Å². The lowest BCUT2D eigenvalue weighted by atomic mass is 9.78. The lowest BCUT2D eigenvalue weighted by molar-refractivity contribution is 0.0156. The highest BCUT2D eigenvalue weighted by Gasteiger charge is 2.37. The third-order valence-electron chi connectivity index (χ3n) is 5.46. The Morgan fingerprint density at radius 1 is 1.10 bits per heavy atom. The Hall–Kier alpha value is -2.86. The van der Waals surface area contributed by atoms with Gasteiger partial charge in [0.05, 0.1) is 25.9 Å². The van der Waals surface area contributed by atoms with Crippen LogP contribution in [0.3, 0.4) is 0 Å². The minimum atomic E-state index is -0.471. The minimum Gasteiger partial charge on any atom is -0.494 e. The fraction of sp³-hybridized carbons (Fsp3) is 0.391. The molecule has 6 heteroatoms. The predicted octanol–water partition coefficient (Wildman–Crippen LogP) is 3.16. The van der Waals surface area contributed by atoms with Crippen molar-refractivity contribution in [3.05, 3.63) is 65.7 Å². The third kappa shape index (κ3) is 5.15. The summed E-state index contributed by atoms with van der Waals surface area (Å²) in [4.78, 5) is 26.5. The summed E-state index contributed by atoms with van der Waals surface area (Å²) in [7, 11) is 1.31. The zero-order valence-electron chi connectivity index (χ0n) is 16.7. The fourth-order valence-corrected chi connectivity index (χ4v) is 3.78. The van der Waals surface area contributed by atoms with Crippen LogP contribution in [0.2, 0.25) is 0 Å². The molecule has 0 spiro atoms. The molecule has 2 aromatic rings. The van der Waals surface area contributed by atoms with Crippen molar-refractivity contribution in [2.24, 2.45) is 5.41 Å². The van der Waals surface area contributed by atoms with Gasteiger partial charge in [0.15, 0.2) is 0 Å². The molecule has 1 amide bonds. The SMILES string of the molecule is COC(=O)c1cccc(C(=O)N2CCC[C@](CO)(CCOc3ccccc3)C2)c1. The van der Waals surface area contributed by atoms with Gasteiger partial charge in [0.2, 0.25) is 0 Å². The highest BCUT2D eigenvalue weighted by molar-refractivity contribution is 5.98. The van der Waals surface area contributed by atoms with Gasteiger partial charge >= 0.3 is 5.97 Å². The molecule has 0 radical (unpaired) electrons. The minimum absolute atomic E-state index is 0.00285. The van der Waals surface area contributed by atoms with Crippen LogP contribution in [0.4, 0.5) is 0 Å². The normalized spacial score (nSPS) is 18.9. The first kappa shape index (κ1) is 20.9. The van der Waals surface area contributed by atoms with Crippen molar-refractivity contribution in [2.45, 2.75) is 19.3 Å². The van der Waals surface area contributed by atoms with Crippen LogP contribution in [0, 0.1) is 5.41 Å². The Kier molecular flexibility index (Phi) is 6.88. The van der Waals surface area contributed by atoms with E-state index in [9.17, 15) is 14.7 Å². The number of benzene rings is 2. The predicted molar refractivity (Wildman–Crippen MR) is 109 cm³/mol. The summed E-state index contributed by atoms with van der Waals surface area (Å²) in [6.45, 7) is 1.56. The van der Waals surface area contributed by atoms with Crippen molar-refractivity contribution < 1.29 is 24.2 Å². The zero-order valence-corrected chi connectivity index (χ0v) is 16.7. The van der Waals surface area contributed by atoms with Crippen molar-refractivity contribution >= 4 is 11.9 Å². The number of methoxy groups -OCH3 is 1. The number of nitrogens with zero attached hydrogens (tertiary/aromatic N) is 1. The average Bonchev–Trinajstić information content (AvgIpc) is 2.79. The number of hydrogen-bond donors (Lipinski definition) is 1. The first-order chi connectivity index (χ1) is 14.1. The molecule has 0 bridgehead atoms. The number of rotatable bonds is 7. The number of carbonyl (C=O) groups is 2. The van der Waals surface area contributed by atoms with Crippen LogP contribution in [0.25, 0.3) is 0 Å². The maximum atomic E-state index is 13.0. The van der Waals surface area contributed by atoms with E-state index in [0.29, 0.717) is 37.2 Å². The Bertz CT molecular complexity index is 838. The van der Waals surface area contributed by atoms with Gasteiger partial charge in [-0.05, 0) is 49.6 Å². The number of piperidine rings is 1. The molecule has 29 heavy (non-hydrogen) atoms. The van der Waals surface area contributed by atoms with Gasteiger partial charge in [0, 0.05) is 24.1 Å². The Morgan fingerprint density at radius 3 is 2.59 bits per heavy atom. The molecule has 1 N–H and O–H groups in total. The molecule has 2 aromatic carbocycles. The maximum Gasteiger partial charge on any atom is 0.337 e. The number of likely N-dealkylation sites (tertiary alicyclic amines) is 1. The van der Waals surface area contributed by atoms with E-state index in [1.165, 1.54) is 7.11 Å². The van der Waals surface area contributed by atoms with E-state index in [1.807, 2.05) is 30.3 Å². The Balaban J connectivity index is 1.66. The lowest BCUT2D eigenvalue weighted by Crippen LogP contribution is -2.48. The summed E-state index contributed by atoms with van der Waals surface area (Å²) in [5.41, 5.74) is 0.407. The molecule has 0 unspecified atom stereocenters. The molecule has 154 valence electrons. The van der Waals surface area contributed by atoms with Gasteiger partial charge in [-0.2, -0.15) is 0 Å². The molecular weight excluding hydrogens is 370 g/mol. The van der Waals surface area contributed by atoms with Gasteiger partial charge < -0.3 is 19.5 Å². The number of aliphatic hydroxyl groups is 1. The highest BCUT2D eigenvalue weighted by Crippen LogP contribution is 2.34. The molecule has 1 aliphatic rings. The van der Waals surface area contributed by atoms with Crippen molar-refractivity contribution in [3.63, 3.8) is 0 Å². The van der Waals surface area contributed by atoms with Crippen LogP contribution >= 0.6 is 0 Å². The number of aliphatic hydroxyl groups excluding tert-OH is 1. The van der Waals surface area contributed by atoms with Gasteiger partial charge in [-0.3, -0.25) is 4.79 Å². The quantitative estimate of drug-likeness (QED) is 0.727. The Morgan fingerprint density at radius 2 is 1.86 bits per heavy atom. The third-order valence-corrected chi connectivity index (χ3v) is 5.46. The van der Waals surface area contributed by atoms with Gasteiger partial charge in [-0.1, -0.05) is 24.3 Å². The van der Waals surface area contributed by atoms with Crippen LogP contribution in [0.15, 0.2) is 54.6 Å². The number of para-hydroxylation sites is 1.